The first-order chi connectivity index (χ1) is 15.4. The van der Waals surface area contributed by atoms with Crippen LogP contribution in [0.3, 0.4) is 0 Å². The number of benzene rings is 2. The van der Waals surface area contributed by atoms with E-state index in [0.717, 1.165) is 16.7 Å². The summed E-state index contributed by atoms with van der Waals surface area (Å²) >= 11 is 0. The van der Waals surface area contributed by atoms with E-state index in [2.05, 4.69) is 4.98 Å². The summed E-state index contributed by atoms with van der Waals surface area (Å²) < 4.78 is 5.36. The Morgan fingerprint density at radius 1 is 1.03 bits per heavy atom. The number of nitrogens with zero attached hydrogens (tertiary/aromatic N) is 2. The molecule has 0 saturated carbocycles. The standard InChI is InChI=1S/C26H24N2O4/c1-16-14-21(32-3)17(2)13-20(16)24(29)22-23(18-9-5-4-6-10-18)28(26(31)25(22)30)15-19-11-7-8-12-27-19/h4-14,23,29H,15H2,1-3H3/b24-22+. The summed E-state index contributed by atoms with van der Waals surface area (Å²) in [5, 5.41) is 11.3. The monoisotopic (exact) mass is 428 g/mol. The number of ether oxygens (including phenoxy) is 1. The average molecular weight is 428 g/mol. The number of carbonyl (C=O) groups excluding carboxylic acids is 2. The molecule has 0 radical (unpaired) electrons. The van der Waals surface area contributed by atoms with Gasteiger partial charge in [0, 0.05) is 11.8 Å². The van der Waals surface area contributed by atoms with Crippen molar-refractivity contribution in [3.63, 3.8) is 0 Å². The molecule has 1 atom stereocenters. The number of aromatic nitrogens is 1. The Hall–Kier alpha value is -3.93. The van der Waals surface area contributed by atoms with Gasteiger partial charge >= 0.3 is 0 Å². The van der Waals surface area contributed by atoms with Gasteiger partial charge in [0.1, 0.15) is 11.5 Å². The number of Topliss-reactive ketones (excluding diaryl/α,β-unsaturated/α-hetero) is 1. The van der Waals surface area contributed by atoms with Crippen LogP contribution in [-0.2, 0) is 16.1 Å². The molecular weight excluding hydrogens is 404 g/mol. The number of hydrogen-bond donors (Lipinski definition) is 1. The van der Waals surface area contributed by atoms with Gasteiger partial charge in [-0.15, -0.1) is 0 Å². The molecule has 1 unspecified atom stereocenters. The average Bonchev–Trinajstić information content (AvgIpc) is 3.06. The lowest BCUT2D eigenvalue weighted by atomic mass is 9.93. The maximum absolute atomic E-state index is 13.2. The summed E-state index contributed by atoms with van der Waals surface area (Å²) in [6.07, 6.45) is 1.65. The van der Waals surface area contributed by atoms with Crippen molar-refractivity contribution < 1.29 is 19.4 Å². The fourth-order valence-electron chi connectivity index (χ4n) is 4.10. The van der Waals surface area contributed by atoms with Crippen LogP contribution in [0.2, 0.25) is 0 Å². The van der Waals surface area contributed by atoms with E-state index in [1.807, 2.05) is 56.3 Å². The first-order valence-electron chi connectivity index (χ1n) is 10.3. The molecule has 0 aliphatic carbocycles. The molecule has 1 aliphatic rings. The Bertz CT molecular complexity index is 1200. The molecule has 1 fully saturated rings. The highest BCUT2D eigenvalue weighted by atomic mass is 16.5. The van der Waals surface area contributed by atoms with Crippen molar-refractivity contribution in [2.24, 2.45) is 0 Å². The highest BCUT2D eigenvalue weighted by Crippen LogP contribution is 2.41. The highest BCUT2D eigenvalue weighted by molar-refractivity contribution is 6.46. The van der Waals surface area contributed by atoms with E-state index in [1.165, 1.54) is 4.90 Å². The lowest BCUT2D eigenvalue weighted by Crippen LogP contribution is -2.29. The molecule has 32 heavy (non-hydrogen) atoms. The molecule has 1 aliphatic heterocycles. The minimum absolute atomic E-state index is 0.0739. The largest absolute Gasteiger partial charge is 0.507 e. The minimum atomic E-state index is -0.722. The fourth-order valence-corrected chi connectivity index (χ4v) is 4.10. The quantitative estimate of drug-likeness (QED) is 0.372. The third-order valence-corrected chi connectivity index (χ3v) is 5.71. The minimum Gasteiger partial charge on any atom is -0.507 e. The molecule has 1 saturated heterocycles. The summed E-state index contributed by atoms with van der Waals surface area (Å²) in [6, 6.07) is 17.6. The molecule has 2 aromatic carbocycles. The van der Waals surface area contributed by atoms with Gasteiger partial charge in [0.2, 0.25) is 0 Å². The molecular formula is C26H24N2O4. The van der Waals surface area contributed by atoms with Crippen molar-refractivity contribution in [3.05, 3.63) is 100 Å². The third kappa shape index (κ3) is 3.75. The van der Waals surface area contributed by atoms with Gasteiger partial charge in [-0.05, 0) is 54.8 Å². The molecule has 6 nitrogen and oxygen atoms in total. The zero-order valence-electron chi connectivity index (χ0n) is 18.2. The number of aryl methyl sites for hydroxylation is 2. The zero-order chi connectivity index (χ0) is 22.8. The van der Waals surface area contributed by atoms with Crippen LogP contribution in [0.4, 0.5) is 0 Å². The number of likely N-dealkylation sites (tertiary alicyclic amines) is 1. The zero-order valence-corrected chi connectivity index (χ0v) is 18.2. The van der Waals surface area contributed by atoms with Crippen LogP contribution in [-0.4, -0.2) is 33.8 Å². The Labute approximate surface area is 186 Å². The normalized spacial score (nSPS) is 17.6. The number of ketones is 1. The summed E-state index contributed by atoms with van der Waals surface area (Å²) in [5.41, 5.74) is 3.54. The second-order valence-corrected chi connectivity index (χ2v) is 7.80. The highest BCUT2D eigenvalue weighted by Gasteiger charge is 2.46. The first-order valence-corrected chi connectivity index (χ1v) is 10.3. The topological polar surface area (TPSA) is 79.7 Å². The van der Waals surface area contributed by atoms with Gasteiger partial charge in [-0.25, -0.2) is 0 Å². The van der Waals surface area contributed by atoms with Crippen molar-refractivity contribution in [1.82, 2.24) is 9.88 Å². The van der Waals surface area contributed by atoms with Crippen molar-refractivity contribution in [1.29, 1.82) is 0 Å². The van der Waals surface area contributed by atoms with E-state index in [4.69, 9.17) is 4.74 Å². The van der Waals surface area contributed by atoms with Gasteiger partial charge in [-0.2, -0.15) is 0 Å². The van der Waals surface area contributed by atoms with E-state index in [-0.39, 0.29) is 17.9 Å². The maximum atomic E-state index is 13.2. The van der Waals surface area contributed by atoms with E-state index >= 15 is 0 Å². The summed E-state index contributed by atoms with van der Waals surface area (Å²) in [6.45, 7) is 3.85. The predicted octanol–water partition coefficient (Wildman–Crippen LogP) is 4.33. The summed E-state index contributed by atoms with van der Waals surface area (Å²) in [7, 11) is 1.58. The van der Waals surface area contributed by atoms with Crippen molar-refractivity contribution in [3.8, 4) is 5.75 Å². The van der Waals surface area contributed by atoms with E-state index in [1.54, 1.807) is 31.5 Å². The molecule has 1 amide bonds. The van der Waals surface area contributed by atoms with E-state index < -0.39 is 17.7 Å². The van der Waals surface area contributed by atoms with Crippen LogP contribution in [0.15, 0.2) is 72.4 Å². The van der Waals surface area contributed by atoms with Crippen molar-refractivity contribution >= 4 is 17.4 Å². The number of methoxy groups -OCH3 is 1. The number of aliphatic hydroxyl groups is 1. The summed E-state index contributed by atoms with van der Waals surface area (Å²) in [4.78, 5) is 32.0. The number of pyridine rings is 1. The van der Waals surface area contributed by atoms with Gasteiger partial charge < -0.3 is 14.7 Å². The fraction of sp³-hybridized carbons (Fsp3) is 0.192. The van der Waals surface area contributed by atoms with Crippen LogP contribution >= 0.6 is 0 Å². The maximum Gasteiger partial charge on any atom is 0.296 e. The number of rotatable bonds is 5. The van der Waals surface area contributed by atoms with Gasteiger partial charge in [0.05, 0.1) is 31.0 Å². The Balaban J connectivity index is 1.89. The number of hydrogen-bond acceptors (Lipinski definition) is 5. The van der Waals surface area contributed by atoms with E-state index in [0.29, 0.717) is 17.0 Å². The van der Waals surface area contributed by atoms with Crippen LogP contribution in [0, 0.1) is 13.8 Å². The van der Waals surface area contributed by atoms with Crippen LogP contribution < -0.4 is 4.74 Å². The van der Waals surface area contributed by atoms with Gasteiger partial charge in [0.25, 0.3) is 11.7 Å². The number of carbonyl (C=O) groups is 2. The Morgan fingerprint density at radius 2 is 1.75 bits per heavy atom. The Morgan fingerprint density at radius 3 is 2.41 bits per heavy atom. The van der Waals surface area contributed by atoms with Gasteiger partial charge in [0.15, 0.2) is 0 Å². The van der Waals surface area contributed by atoms with Crippen LogP contribution in [0.25, 0.3) is 5.76 Å². The van der Waals surface area contributed by atoms with Gasteiger partial charge in [-0.3, -0.25) is 14.6 Å². The number of aliphatic hydroxyl groups excluding tert-OH is 1. The van der Waals surface area contributed by atoms with Crippen molar-refractivity contribution in [2.45, 2.75) is 26.4 Å². The molecule has 4 rings (SSSR count). The molecule has 1 aromatic heterocycles. The smallest absolute Gasteiger partial charge is 0.296 e. The second kappa shape index (κ2) is 8.67. The molecule has 1 N–H and O–H groups in total. The van der Waals surface area contributed by atoms with Gasteiger partial charge in [-0.1, -0.05) is 36.4 Å². The van der Waals surface area contributed by atoms with Crippen molar-refractivity contribution in [2.75, 3.05) is 7.11 Å². The summed E-state index contributed by atoms with van der Waals surface area (Å²) in [5.74, 6) is -0.868. The van der Waals surface area contributed by atoms with Crippen LogP contribution in [0.1, 0.15) is 34.0 Å². The van der Waals surface area contributed by atoms with Crippen LogP contribution in [0.5, 0.6) is 5.75 Å². The Kier molecular flexibility index (Phi) is 5.77. The lowest BCUT2D eigenvalue weighted by molar-refractivity contribution is -0.140. The SMILES string of the molecule is COc1cc(C)c(/C(O)=C2\C(=O)C(=O)N(Cc3ccccn3)C2c2ccccc2)cc1C. The molecule has 162 valence electrons. The molecule has 0 spiro atoms. The van der Waals surface area contributed by atoms with E-state index in [9.17, 15) is 14.7 Å². The first kappa shape index (κ1) is 21.3. The number of amides is 1. The molecule has 2 heterocycles. The molecule has 3 aromatic rings. The molecule has 0 bridgehead atoms. The predicted molar refractivity (Wildman–Crippen MR) is 121 cm³/mol. The second-order valence-electron chi connectivity index (χ2n) is 7.80. The molecule has 6 heteroatoms. The third-order valence-electron chi connectivity index (χ3n) is 5.71. The lowest BCUT2D eigenvalue weighted by Gasteiger charge is -2.25.